The summed E-state index contributed by atoms with van der Waals surface area (Å²) < 4.78 is 0. The van der Waals surface area contributed by atoms with Gasteiger partial charge in [0.05, 0.1) is 0 Å². The summed E-state index contributed by atoms with van der Waals surface area (Å²) in [5, 5.41) is 8.24. The number of nitriles is 1. The highest BCUT2D eigenvalue weighted by atomic mass is 16.1. The number of carbonyl (C=O) groups excluding carboxylic acids is 1. The van der Waals surface area contributed by atoms with Crippen LogP contribution in [-0.4, -0.2) is 5.78 Å². The minimum absolute atomic E-state index is 0.200. The molecule has 0 aromatic carbocycles. The van der Waals surface area contributed by atoms with Gasteiger partial charge in [-0.05, 0) is 19.3 Å². The van der Waals surface area contributed by atoms with Crippen LogP contribution in [-0.2, 0) is 4.79 Å². The molecule has 0 amide bonds. The van der Waals surface area contributed by atoms with E-state index in [4.69, 9.17) is 5.26 Å². The van der Waals surface area contributed by atoms with Crippen molar-refractivity contribution >= 4 is 5.78 Å². The number of nitrogens with zero attached hydrogens (tertiary/aromatic N) is 1. The second-order valence-electron chi connectivity index (χ2n) is 2.57. The van der Waals surface area contributed by atoms with E-state index in [1.807, 2.05) is 6.92 Å². The van der Waals surface area contributed by atoms with Crippen molar-refractivity contribution < 1.29 is 4.79 Å². The zero-order chi connectivity index (χ0) is 6.91. The van der Waals surface area contributed by atoms with E-state index in [1.54, 1.807) is 6.07 Å². The van der Waals surface area contributed by atoms with Gasteiger partial charge in [0, 0.05) is 5.41 Å². The summed E-state index contributed by atoms with van der Waals surface area (Å²) in [6.45, 7) is 1.96. The first-order valence-corrected chi connectivity index (χ1v) is 3.20. The number of rotatable bonds is 2. The maximum Gasteiger partial charge on any atom is 0.238 e. The van der Waals surface area contributed by atoms with Crippen LogP contribution in [0.15, 0.2) is 0 Å². The van der Waals surface area contributed by atoms with E-state index >= 15 is 0 Å². The third-order valence-corrected chi connectivity index (χ3v) is 2.11. The molecule has 48 valence electrons. The van der Waals surface area contributed by atoms with Gasteiger partial charge in [0.2, 0.25) is 5.78 Å². The summed E-state index contributed by atoms with van der Waals surface area (Å²) in [6.07, 6.45) is 2.69. The molecule has 1 rings (SSSR count). The molecule has 1 saturated carbocycles. The van der Waals surface area contributed by atoms with Crippen molar-refractivity contribution in [3.8, 4) is 6.07 Å². The molecule has 0 radical (unpaired) electrons. The van der Waals surface area contributed by atoms with E-state index in [0.717, 1.165) is 19.3 Å². The van der Waals surface area contributed by atoms with Gasteiger partial charge in [-0.3, -0.25) is 4.79 Å². The minimum atomic E-state index is -0.218. The Hall–Kier alpha value is -0.840. The molecular formula is C7H9NO. The molecule has 0 N–H and O–H groups in total. The number of carbonyl (C=O) groups is 1. The lowest BCUT2D eigenvalue weighted by molar-refractivity contribution is -0.118. The standard InChI is InChI=1S/C7H9NO/c1-2-7(3-4-7)6(9)5-8/h2-4H2,1H3. The molecule has 0 aromatic heterocycles. The van der Waals surface area contributed by atoms with E-state index in [9.17, 15) is 4.79 Å². The van der Waals surface area contributed by atoms with Crippen LogP contribution in [0.2, 0.25) is 0 Å². The van der Waals surface area contributed by atoms with Crippen LogP contribution in [0.1, 0.15) is 26.2 Å². The summed E-state index contributed by atoms with van der Waals surface area (Å²) in [5.74, 6) is -0.218. The first-order valence-electron chi connectivity index (χ1n) is 3.20. The smallest absolute Gasteiger partial charge is 0.238 e. The van der Waals surface area contributed by atoms with Gasteiger partial charge in [-0.15, -0.1) is 0 Å². The van der Waals surface area contributed by atoms with Crippen molar-refractivity contribution in [3.63, 3.8) is 0 Å². The van der Waals surface area contributed by atoms with Gasteiger partial charge in [-0.2, -0.15) is 5.26 Å². The number of hydrogen-bond acceptors (Lipinski definition) is 2. The largest absolute Gasteiger partial charge is 0.282 e. The van der Waals surface area contributed by atoms with E-state index in [-0.39, 0.29) is 11.2 Å². The molecule has 9 heavy (non-hydrogen) atoms. The van der Waals surface area contributed by atoms with Crippen molar-refractivity contribution in [2.24, 2.45) is 5.41 Å². The predicted molar refractivity (Wildman–Crippen MR) is 32.6 cm³/mol. The highest BCUT2D eigenvalue weighted by molar-refractivity contribution is 5.99. The molecule has 0 spiro atoms. The van der Waals surface area contributed by atoms with E-state index < -0.39 is 0 Å². The topological polar surface area (TPSA) is 40.9 Å². The lowest BCUT2D eigenvalue weighted by Crippen LogP contribution is -2.11. The quantitative estimate of drug-likeness (QED) is 0.519. The third kappa shape index (κ3) is 0.829. The van der Waals surface area contributed by atoms with Gasteiger partial charge in [-0.1, -0.05) is 6.92 Å². The number of ketones is 1. The Kier molecular flexibility index (Phi) is 1.28. The summed E-state index contributed by atoms with van der Waals surface area (Å²) in [5.41, 5.74) is -0.200. The molecule has 0 atom stereocenters. The normalized spacial score (nSPS) is 20.4. The minimum Gasteiger partial charge on any atom is -0.282 e. The predicted octanol–water partition coefficient (Wildman–Crippen LogP) is 1.27. The fourth-order valence-electron chi connectivity index (χ4n) is 1.01. The monoisotopic (exact) mass is 123 g/mol. The van der Waals surface area contributed by atoms with Crippen LogP contribution in [0.5, 0.6) is 0 Å². The fraction of sp³-hybridized carbons (Fsp3) is 0.714. The number of Topliss-reactive ketones (excluding diaryl/α,β-unsaturated/α-hetero) is 1. The summed E-state index contributed by atoms with van der Waals surface area (Å²) >= 11 is 0. The fourth-order valence-corrected chi connectivity index (χ4v) is 1.01. The second-order valence-corrected chi connectivity index (χ2v) is 2.57. The molecule has 2 nitrogen and oxygen atoms in total. The van der Waals surface area contributed by atoms with E-state index in [0.29, 0.717) is 0 Å². The average molecular weight is 123 g/mol. The molecule has 1 fully saturated rings. The number of hydrogen-bond donors (Lipinski definition) is 0. The second kappa shape index (κ2) is 1.84. The maximum absolute atomic E-state index is 10.8. The van der Waals surface area contributed by atoms with E-state index in [1.165, 1.54) is 0 Å². The molecule has 0 unspecified atom stereocenters. The molecule has 0 bridgehead atoms. The molecular weight excluding hydrogens is 114 g/mol. The third-order valence-electron chi connectivity index (χ3n) is 2.11. The summed E-state index contributed by atoms with van der Waals surface area (Å²) in [7, 11) is 0. The first kappa shape index (κ1) is 6.28. The van der Waals surface area contributed by atoms with Gasteiger partial charge in [0.1, 0.15) is 6.07 Å². The molecule has 0 aliphatic heterocycles. The molecule has 0 saturated heterocycles. The molecule has 1 aliphatic rings. The van der Waals surface area contributed by atoms with Crippen molar-refractivity contribution in [1.29, 1.82) is 5.26 Å². The first-order chi connectivity index (χ1) is 4.25. The lowest BCUT2D eigenvalue weighted by atomic mass is 9.99. The van der Waals surface area contributed by atoms with Gasteiger partial charge < -0.3 is 0 Å². The molecule has 2 heteroatoms. The van der Waals surface area contributed by atoms with Crippen molar-refractivity contribution in [1.82, 2.24) is 0 Å². The summed E-state index contributed by atoms with van der Waals surface area (Å²) in [4.78, 5) is 10.8. The molecule has 0 heterocycles. The Balaban J connectivity index is 2.63. The Morgan fingerprint density at radius 1 is 1.78 bits per heavy atom. The van der Waals surface area contributed by atoms with Crippen molar-refractivity contribution in [3.05, 3.63) is 0 Å². The van der Waals surface area contributed by atoms with Gasteiger partial charge in [-0.25, -0.2) is 0 Å². The average Bonchev–Trinajstić information content (AvgIpc) is 2.66. The Bertz CT molecular complexity index is 174. The Morgan fingerprint density at radius 2 is 2.33 bits per heavy atom. The van der Waals surface area contributed by atoms with E-state index in [2.05, 4.69) is 0 Å². The van der Waals surface area contributed by atoms with Gasteiger partial charge >= 0.3 is 0 Å². The van der Waals surface area contributed by atoms with Crippen LogP contribution in [0.3, 0.4) is 0 Å². The lowest BCUT2D eigenvalue weighted by Gasteiger charge is -2.01. The Morgan fingerprint density at radius 3 is 2.44 bits per heavy atom. The van der Waals surface area contributed by atoms with Crippen LogP contribution in [0.25, 0.3) is 0 Å². The van der Waals surface area contributed by atoms with Gasteiger partial charge in [0.25, 0.3) is 0 Å². The zero-order valence-corrected chi connectivity index (χ0v) is 5.48. The maximum atomic E-state index is 10.8. The highest BCUT2D eigenvalue weighted by Gasteiger charge is 2.47. The Labute approximate surface area is 54.5 Å². The van der Waals surface area contributed by atoms with Crippen LogP contribution >= 0.6 is 0 Å². The van der Waals surface area contributed by atoms with Crippen molar-refractivity contribution in [2.75, 3.05) is 0 Å². The van der Waals surface area contributed by atoms with Crippen molar-refractivity contribution in [2.45, 2.75) is 26.2 Å². The van der Waals surface area contributed by atoms with Crippen LogP contribution in [0.4, 0.5) is 0 Å². The highest BCUT2D eigenvalue weighted by Crippen LogP contribution is 2.49. The zero-order valence-electron chi connectivity index (χ0n) is 5.48. The summed E-state index contributed by atoms with van der Waals surface area (Å²) in [6, 6.07) is 1.68. The molecule has 0 aromatic rings. The van der Waals surface area contributed by atoms with Crippen LogP contribution in [0, 0.1) is 16.7 Å². The van der Waals surface area contributed by atoms with Crippen LogP contribution < -0.4 is 0 Å². The SMILES string of the molecule is CCC1(C(=O)C#N)CC1. The molecule has 1 aliphatic carbocycles. The van der Waals surface area contributed by atoms with Gasteiger partial charge in [0.15, 0.2) is 0 Å².